The lowest BCUT2D eigenvalue weighted by atomic mass is 10.1. The van der Waals surface area contributed by atoms with Gasteiger partial charge in [0.05, 0.1) is 25.0 Å². The molecule has 0 aromatic rings. The molecule has 1 atom stereocenters. The number of ether oxygens (including phenoxy) is 1. The van der Waals surface area contributed by atoms with Crippen LogP contribution in [0.15, 0.2) is 0 Å². The van der Waals surface area contributed by atoms with Gasteiger partial charge in [-0.05, 0) is 20.8 Å². The Bertz CT molecular complexity index is 212. The van der Waals surface area contributed by atoms with Gasteiger partial charge in [0.25, 0.3) is 0 Å². The molecule has 0 aromatic carbocycles. The van der Waals surface area contributed by atoms with E-state index in [1.54, 1.807) is 26.8 Å². The van der Waals surface area contributed by atoms with Crippen molar-refractivity contribution in [3.8, 4) is 6.07 Å². The maximum Gasteiger partial charge on any atom is 0.308 e. The van der Waals surface area contributed by atoms with Crippen LogP contribution in [-0.4, -0.2) is 22.8 Å². The molecule has 0 fully saturated rings. The fourth-order valence-electron chi connectivity index (χ4n) is 0.753. The molecule has 13 heavy (non-hydrogen) atoms. The van der Waals surface area contributed by atoms with Crippen LogP contribution >= 0.6 is 0 Å². The monoisotopic (exact) mass is 185 g/mol. The smallest absolute Gasteiger partial charge is 0.308 e. The van der Waals surface area contributed by atoms with Gasteiger partial charge in [0.2, 0.25) is 0 Å². The maximum atomic E-state index is 11.1. The van der Waals surface area contributed by atoms with E-state index in [0.29, 0.717) is 0 Å². The van der Waals surface area contributed by atoms with Crippen molar-refractivity contribution in [1.82, 2.24) is 0 Å². The number of esters is 1. The summed E-state index contributed by atoms with van der Waals surface area (Å²) in [6.45, 7) is 5.25. The molecule has 0 saturated carbocycles. The molecule has 0 aliphatic heterocycles. The van der Waals surface area contributed by atoms with Gasteiger partial charge in [0, 0.05) is 0 Å². The van der Waals surface area contributed by atoms with Crippen molar-refractivity contribution in [3.63, 3.8) is 0 Å². The van der Waals surface area contributed by atoms with Gasteiger partial charge in [0.1, 0.15) is 5.60 Å². The number of aliphatic hydroxyl groups excluding tert-OH is 1. The Hall–Kier alpha value is -1.08. The number of nitriles is 1. The molecule has 0 aromatic heterocycles. The standard InChI is InChI=1S/C9H15NO3/c1-9(2,3)13-8(12)6-7(11)4-5-10/h7,11H,4,6H2,1-3H3. The fourth-order valence-corrected chi connectivity index (χ4v) is 0.753. The predicted molar refractivity (Wildman–Crippen MR) is 46.7 cm³/mol. The van der Waals surface area contributed by atoms with Crippen LogP contribution in [0.5, 0.6) is 0 Å². The summed E-state index contributed by atoms with van der Waals surface area (Å²) < 4.78 is 4.95. The highest BCUT2D eigenvalue weighted by Gasteiger charge is 2.18. The van der Waals surface area contributed by atoms with Crippen LogP contribution in [0.2, 0.25) is 0 Å². The highest BCUT2D eigenvalue weighted by molar-refractivity contribution is 5.70. The van der Waals surface area contributed by atoms with Crippen LogP contribution in [0.3, 0.4) is 0 Å². The van der Waals surface area contributed by atoms with E-state index in [-0.39, 0.29) is 12.8 Å². The van der Waals surface area contributed by atoms with Gasteiger partial charge in [0.15, 0.2) is 0 Å². The van der Waals surface area contributed by atoms with Crippen LogP contribution in [0.4, 0.5) is 0 Å². The van der Waals surface area contributed by atoms with Crippen molar-refractivity contribution in [2.75, 3.05) is 0 Å². The second-order valence-electron chi connectivity index (χ2n) is 3.81. The van der Waals surface area contributed by atoms with Gasteiger partial charge in [-0.1, -0.05) is 0 Å². The molecular formula is C9H15NO3. The summed E-state index contributed by atoms with van der Waals surface area (Å²) in [4.78, 5) is 11.1. The van der Waals surface area contributed by atoms with Crippen molar-refractivity contribution in [2.24, 2.45) is 0 Å². The molecule has 1 unspecified atom stereocenters. The van der Waals surface area contributed by atoms with E-state index in [0.717, 1.165) is 0 Å². The molecule has 0 spiro atoms. The van der Waals surface area contributed by atoms with Crippen LogP contribution in [0, 0.1) is 11.3 Å². The molecule has 0 saturated heterocycles. The average Bonchev–Trinajstić information content (AvgIpc) is 1.81. The third-order valence-corrected chi connectivity index (χ3v) is 1.15. The number of rotatable bonds is 3. The summed E-state index contributed by atoms with van der Waals surface area (Å²) in [5.41, 5.74) is -0.538. The normalized spacial score (nSPS) is 13.2. The minimum absolute atomic E-state index is 0.0424. The zero-order valence-electron chi connectivity index (χ0n) is 8.20. The third kappa shape index (κ3) is 7.29. The number of carbonyl (C=O) groups excluding carboxylic acids is 1. The van der Waals surface area contributed by atoms with Gasteiger partial charge >= 0.3 is 5.97 Å². The molecule has 0 aliphatic carbocycles. The maximum absolute atomic E-state index is 11.1. The Kier molecular flexibility index (Phi) is 4.43. The van der Waals surface area contributed by atoms with Crippen molar-refractivity contribution in [2.45, 2.75) is 45.3 Å². The van der Waals surface area contributed by atoms with Crippen LogP contribution in [0.1, 0.15) is 33.6 Å². The Balaban J connectivity index is 3.83. The lowest BCUT2D eigenvalue weighted by Crippen LogP contribution is -2.26. The van der Waals surface area contributed by atoms with Gasteiger partial charge in [-0.3, -0.25) is 4.79 Å². The van der Waals surface area contributed by atoms with E-state index in [2.05, 4.69) is 0 Å². The van der Waals surface area contributed by atoms with E-state index >= 15 is 0 Å². The first-order valence-corrected chi connectivity index (χ1v) is 4.12. The zero-order valence-corrected chi connectivity index (χ0v) is 8.20. The summed E-state index contributed by atoms with van der Waals surface area (Å²) >= 11 is 0. The predicted octanol–water partition coefficient (Wildman–Crippen LogP) is 0.993. The summed E-state index contributed by atoms with van der Waals surface area (Å²) in [6, 6.07) is 1.78. The molecule has 4 nitrogen and oxygen atoms in total. The molecule has 74 valence electrons. The van der Waals surface area contributed by atoms with E-state index in [1.807, 2.05) is 0 Å². The number of hydrogen-bond donors (Lipinski definition) is 1. The number of hydrogen-bond acceptors (Lipinski definition) is 4. The van der Waals surface area contributed by atoms with Crippen molar-refractivity contribution in [1.29, 1.82) is 5.26 Å². The average molecular weight is 185 g/mol. The molecular weight excluding hydrogens is 170 g/mol. The lowest BCUT2D eigenvalue weighted by Gasteiger charge is -2.20. The molecule has 1 N–H and O–H groups in total. The second-order valence-corrected chi connectivity index (χ2v) is 3.81. The third-order valence-electron chi connectivity index (χ3n) is 1.15. The lowest BCUT2D eigenvalue weighted by molar-refractivity contribution is -0.156. The Morgan fingerprint density at radius 3 is 2.54 bits per heavy atom. The first-order chi connectivity index (χ1) is 5.85. The van der Waals surface area contributed by atoms with E-state index < -0.39 is 17.7 Å². The topological polar surface area (TPSA) is 70.3 Å². The molecule has 0 radical (unpaired) electrons. The Morgan fingerprint density at radius 1 is 1.62 bits per heavy atom. The second kappa shape index (κ2) is 4.83. The summed E-state index contributed by atoms with van der Waals surface area (Å²) in [5.74, 6) is -0.477. The van der Waals surface area contributed by atoms with Crippen molar-refractivity contribution in [3.05, 3.63) is 0 Å². The van der Waals surface area contributed by atoms with Crippen molar-refractivity contribution < 1.29 is 14.6 Å². The van der Waals surface area contributed by atoms with Crippen LogP contribution < -0.4 is 0 Å². The number of aliphatic hydroxyl groups is 1. The largest absolute Gasteiger partial charge is 0.460 e. The highest BCUT2D eigenvalue weighted by Crippen LogP contribution is 2.09. The summed E-state index contributed by atoms with van der Waals surface area (Å²) in [5, 5.41) is 17.3. The fraction of sp³-hybridized carbons (Fsp3) is 0.778. The molecule has 0 heterocycles. The van der Waals surface area contributed by atoms with E-state index in [4.69, 9.17) is 15.1 Å². The first kappa shape index (κ1) is 11.9. The van der Waals surface area contributed by atoms with Crippen LogP contribution in [0.25, 0.3) is 0 Å². The number of carbonyl (C=O) groups is 1. The quantitative estimate of drug-likeness (QED) is 0.666. The summed E-state index contributed by atoms with van der Waals surface area (Å²) in [6.07, 6.45) is -1.08. The van der Waals surface area contributed by atoms with Gasteiger partial charge < -0.3 is 9.84 Å². The van der Waals surface area contributed by atoms with Crippen molar-refractivity contribution >= 4 is 5.97 Å². The van der Waals surface area contributed by atoms with Gasteiger partial charge in [-0.2, -0.15) is 5.26 Å². The van der Waals surface area contributed by atoms with E-state index in [1.165, 1.54) is 0 Å². The molecule has 0 bridgehead atoms. The minimum Gasteiger partial charge on any atom is -0.460 e. The summed E-state index contributed by atoms with van der Waals surface area (Å²) in [7, 11) is 0. The highest BCUT2D eigenvalue weighted by atomic mass is 16.6. The SMILES string of the molecule is CC(C)(C)OC(=O)CC(O)CC#N. The Labute approximate surface area is 78.1 Å². The van der Waals surface area contributed by atoms with Crippen LogP contribution in [-0.2, 0) is 9.53 Å². The number of nitrogens with zero attached hydrogens (tertiary/aromatic N) is 1. The zero-order chi connectivity index (χ0) is 10.5. The molecule has 0 rings (SSSR count). The first-order valence-electron chi connectivity index (χ1n) is 4.12. The van der Waals surface area contributed by atoms with Gasteiger partial charge in [-0.15, -0.1) is 0 Å². The van der Waals surface area contributed by atoms with Gasteiger partial charge in [-0.25, -0.2) is 0 Å². The van der Waals surface area contributed by atoms with E-state index in [9.17, 15) is 4.79 Å². The molecule has 0 aliphatic rings. The minimum atomic E-state index is -0.917. The Morgan fingerprint density at radius 2 is 2.15 bits per heavy atom. The molecule has 4 heteroatoms. The molecule has 0 amide bonds.